The van der Waals surface area contributed by atoms with E-state index in [2.05, 4.69) is 31.1 Å². The van der Waals surface area contributed by atoms with Gasteiger partial charge in [-0.15, -0.1) is 0 Å². The zero-order valence-electron chi connectivity index (χ0n) is 50.8. The smallest absolute Gasteiger partial charge is 0.407 e. The summed E-state index contributed by atoms with van der Waals surface area (Å²) in [6.07, 6.45) is 3.05. The minimum atomic E-state index is -1.04. The Morgan fingerprint density at radius 2 is 1.02 bits per heavy atom. The SMILES string of the molecule is COCn1nc(C(=O)NC(C)C(C)(OC)OC)c(Cc2ccccc2Cl)c1N1CCC[C@@H](NC(=O)OC(C)(C)C)C1.COCn1nc(N2CCC[C@@H](NC(=O)OC(C)(C)C)C2)c(Cc2ccccc2Cl)c1C(=O)NC(C)C(C)(OC)OC. The molecule has 0 aliphatic carbocycles. The number of aromatic nitrogens is 4. The third-order valence-corrected chi connectivity index (χ3v) is 15.1. The molecular formula is C58H88Cl2N10O12. The number of ether oxygens (including phenoxy) is 8. The van der Waals surface area contributed by atoms with E-state index in [1.807, 2.05) is 104 Å². The lowest BCUT2D eigenvalue weighted by molar-refractivity contribution is -0.207. The largest absolute Gasteiger partial charge is 0.444 e. The Morgan fingerprint density at radius 1 is 0.598 bits per heavy atom. The maximum Gasteiger partial charge on any atom is 0.407 e. The van der Waals surface area contributed by atoms with Gasteiger partial charge in [0.1, 0.15) is 36.2 Å². The monoisotopic (exact) mass is 1190 g/mol. The standard InChI is InChI=1S/2C29H44ClN5O6/c1-19(29(5,39-7)40-8)31-25(36)24-22(16-20-12-9-10-14-23(20)30)26(35(33-24)18-38-6)34-15-11-13-21(17-34)32-27(37)41-28(2,3)4;1-19(29(5,39-7)40-8)31-26(36)24-22(16-20-12-9-10-14-23(20)30)25(33-35(24)18-38-6)34-15-11-13-21(17-34)32-27(37)41-28(2,3)4/h2*9-10,12,14,19,21H,11,13,15-18H2,1-8H3,(H,31,36)(H,32,37)/t2*19?,21-/m11/s1. The van der Waals surface area contributed by atoms with E-state index in [0.717, 1.165) is 42.6 Å². The molecule has 2 aliphatic heterocycles. The van der Waals surface area contributed by atoms with Crippen LogP contribution in [0.5, 0.6) is 0 Å². The molecule has 456 valence electrons. The molecule has 4 amide bonds. The average molecular weight is 1190 g/mol. The Labute approximate surface area is 493 Å². The summed E-state index contributed by atoms with van der Waals surface area (Å²) in [7, 11) is 9.23. The third kappa shape index (κ3) is 18.1. The Kier molecular flexibility index (Phi) is 24.3. The van der Waals surface area contributed by atoms with Crippen LogP contribution in [-0.4, -0.2) is 159 Å². The minimum Gasteiger partial charge on any atom is -0.444 e. The Balaban J connectivity index is 0.000000301. The molecule has 0 spiro atoms. The number of methoxy groups -OCH3 is 6. The molecule has 2 saturated heterocycles. The first kappa shape index (κ1) is 67.1. The van der Waals surface area contributed by atoms with Crippen molar-refractivity contribution in [2.45, 2.75) is 168 Å². The van der Waals surface area contributed by atoms with Gasteiger partial charge in [0.25, 0.3) is 11.8 Å². The van der Waals surface area contributed by atoms with Crippen LogP contribution in [0.3, 0.4) is 0 Å². The lowest BCUT2D eigenvalue weighted by Crippen LogP contribution is -2.52. The Morgan fingerprint density at radius 3 is 1.48 bits per heavy atom. The minimum absolute atomic E-state index is 0.0614. The van der Waals surface area contributed by atoms with Gasteiger partial charge in [-0.2, -0.15) is 10.2 Å². The van der Waals surface area contributed by atoms with Crippen LogP contribution in [0.1, 0.15) is 138 Å². The predicted octanol–water partition coefficient (Wildman–Crippen LogP) is 8.70. The number of halogens is 2. The predicted molar refractivity (Wildman–Crippen MR) is 315 cm³/mol. The van der Waals surface area contributed by atoms with Crippen LogP contribution in [0.15, 0.2) is 48.5 Å². The van der Waals surface area contributed by atoms with Crippen LogP contribution < -0.4 is 31.1 Å². The molecule has 2 unspecified atom stereocenters. The number of alkyl carbamates (subject to hydrolysis) is 2. The average Bonchev–Trinajstić information content (AvgIpc) is 4.21. The van der Waals surface area contributed by atoms with E-state index in [0.29, 0.717) is 71.7 Å². The van der Waals surface area contributed by atoms with Crippen LogP contribution in [0.2, 0.25) is 10.0 Å². The summed E-state index contributed by atoms with van der Waals surface area (Å²) in [5.41, 5.74) is 2.52. The number of hydrogen-bond acceptors (Lipinski definition) is 16. The van der Waals surface area contributed by atoms with Crippen molar-refractivity contribution in [3.05, 3.63) is 92.2 Å². The van der Waals surface area contributed by atoms with Gasteiger partial charge in [-0.1, -0.05) is 59.6 Å². The van der Waals surface area contributed by atoms with Gasteiger partial charge in [0, 0.05) is 115 Å². The maximum absolute atomic E-state index is 13.9. The number of carbonyl (C=O) groups is 4. The fourth-order valence-corrected chi connectivity index (χ4v) is 10.0. The van der Waals surface area contributed by atoms with Crippen LogP contribution >= 0.6 is 23.2 Å². The topological polar surface area (TPSA) is 232 Å². The van der Waals surface area contributed by atoms with Crippen LogP contribution in [0.4, 0.5) is 21.2 Å². The number of amides is 4. The molecule has 4 heterocycles. The molecule has 2 aliphatic rings. The Hall–Kier alpha value is -5.72. The molecule has 4 aromatic rings. The highest BCUT2D eigenvalue weighted by Crippen LogP contribution is 2.34. The van der Waals surface area contributed by atoms with Crippen molar-refractivity contribution in [1.82, 2.24) is 40.8 Å². The van der Waals surface area contributed by atoms with E-state index >= 15 is 0 Å². The fourth-order valence-electron chi connectivity index (χ4n) is 9.63. The number of rotatable bonds is 22. The number of benzene rings is 2. The van der Waals surface area contributed by atoms with Crippen molar-refractivity contribution in [2.75, 3.05) is 78.6 Å². The molecular weight excluding hydrogens is 1100 g/mol. The molecule has 4 N–H and O–H groups in total. The van der Waals surface area contributed by atoms with Crippen molar-refractivity contribution in [2.24, 2.45) is 0 Å². The molecule has 0 radical (unpaired) electrons. The molecule has 22 nitrogen and oxygen atoms in total. The van der Waals surface area contributed by atoms with Gasteiger partial charge >= 0.3 is 12.2 Å². The van der Waals surface area contributed by atoms with Crippen LogP contribution in [0, 0.1) is 0 Å². The normalized spacial score (nSPS) is 16.8. The number of piperidine rings is 2. The first-order chi connectivity index (χ1) is 38.6. The molecule has 0 saturated carbocycles. The van der Waals surface area contributed by atoms with Gasteiger partial charge in [0.05, 0.1) is 12.1 Å². The molecule has 24 heteroatoms. The number of nitrogens with zero attached hydrogens (tertiary/aromatic N) is 6. The summed E-state index contributed by atoms with van der Waals surface area (Å²) in [6, 6.07) is 13.8. The molecule has 2 fully saturated rings. The highest BCUT2D eigenvalue weighted by Gasteiger charge is 2.38. The second-order valence-corrected chi connectivity index (χ2v) is 23.6. The van der Waals surface area contributed by atoms with E-state index in [1.54, 1.807) is 37.4 Å². The number of anilines is 2. The fraction of sp³-hybridized carbons (Fsp3) is 0.621. The second-order valence-electron chi connectivity index (χ2n) is 22.8. The summed E-state index contributed by atoms with van der Waals surface area (Å²) in [5, 5.41) is 22.8. The lowest BCUT2D eigenvalue weighted by atomic mass is 10.0. The van der Waals surface area contributed by atoms with E-state index in [9.17, 15) is 19.2 Å². The maximum atomic E-state index is 13.9. The van der Waals surface area contributed by atoms with E-state index in [-0.39, 0.29) is 43.1 Å². The van der Waals surface area contributed by atoms with Crippen LogP contribution in [0.25, 0.3) is 0 Å². The summed E-state index contributed by atoms with van der Waals surface area (Å²) in [6.45, 7) is 20.7. The van der Waals surface area contributed by atoms with Gasteiger partial charge in [-0.25, -0.2) is 19.0 Å². The molecule has 2 aromatic carbocycles. The molecule has 0 bridgehead atoms. The second kappa shape index (κ2) is 29.7. The van der Waals surface area contributed by atoms with E-state index < -0.39 is 47.0 Å². The zero-order chi connectivity index (χ0) is 60.7. The van der Waals surface area contributed by atoms with Crippen LogP contribution in [-0.2, 0) is 64.2 Å². The van der Waals surface area contributed by atoms with Crippen molar-refractivity contribution >= 4 is 58.8 Å². The molecule has 6 rings (SSSR count). The van der Waals surface area contributed by atoms with Gasteiger partial charge in [-0.05, 0) is 118 Å². The molecule has 2 aromatic heterocycles. The zero-order valence-corrected chi connectivity index (χ0v) is 52.3. The summed E-state index contributed by atoms with van der Waals surface area (Å²) in [4.78, 5) is 56.9. The van der Waals surface area contributed by atoms with Crippen molar-refractivity contribution in [3.8, 4) is 0 Å². The third-order valence-electron chi connectivity index (χ3n) is 14.4. The first-order valence-corrected chi connectivity index (χ1v) is 28.3. The van der Waals surface area contributed by atoms with E-state index in [1.165, 1.54) is 28.4 Å². The highest BCUT2D eigenvalue weighted by molar-refractivity contribution is 6.31. The van der Waals surface area contributed by atoms with Gasteiger partial charge in [0.2, 0.25) is 0 Å². The van der Waals surface area contributed by atoms with Gasteiger partial charge in [0.15, 0.2) is 23.1 Å². The highest BCUT2D eigenvalue weighted by atomic mass is 35.5. The molecule has 4 atom stereocenters. The number of nitrogens with one attached hydrogen (secondary N) is 4. The van der Waals surface area contributed by atoms with Gasteiger partial charge < -0.3 is 69.0 Å². The van der Waals surface area contributed by atoms with Gasteiger partial charge in [-0.3, -0.25) is 9.59 Å². The summed E-state index contributed by atoms with van der Waals surface area (Å²) < 4.78 is 47.2. The lowest BCUT2D eigenvalue weighted by Gasteiger charge is -2.35. The van der Waals surface area contributed by atoms with Crippen molar-refractivity contribution < 1.29 is 57.1 Å². The summed E-state index contributed by atoms with van der Waals surface area (Å²) in [5.74, 6) is -1.43. The number of hydrogen-bond donors (Lipinski definition) is 4. The Bertz CT molecular complexity index is 2710. The van der Waals surface area contributed by atoms with E-state index in [4.69, 9.17) is 71.3 Å². The van der Waals surface area contributed by atoms with Crippen molar-refractivity contribution in [3.63, 3.8) is 0 Å². The van der Waals surface area contributed by atoms with Crippen molar-refractivity contribution in [1.29, 1.82) is 0 Å². The summed E-state index contributed by atoms with van der Waals surface area (Å²) >= 11 is 13.1. The quantitative estimate of drug-likeness (QED) is 0.0539. The number of carbonyl (C=O) groups excluding carboxylic acids is 4. The molecule has 82 heavy (non-hydrogen) atoms. The first-order valence-electron chi connectivity index (χ1n) is 27.6.